The van der Waals surface area contributed by atoms with Crippen molar-refractivity contribution in [3.8, 4) is 5.88 Å². The van der Waals surface area contributed by atoms with Gasteiger partial charge in [0.2, 0.25) is 5.88 Å². The number of hydrogen-bond acceptors (Lipinski definition) is 5. The largest absolute Gasteiger partial charge is 0.470 e. The van der Waals surface area contributed by atoms with Crippen LogP contribution < -0.4 is 15.8 Å². The van der Waals surface area contributed by atoms with Gasteiger partial charge in [-0.2, -0.15) is 4.98 Å². The van der Waals surface area contributed by atoms with Crippen LogP contribution in [0.2, 0.25) is 0 Å². The number of nitrogen functional groups attached to an aromatic ring is 1. The molecule has 2 unspecified atom stereocenters. The van der Waals surface area contributed by atoms with Gasteiger partial charge in [-0.3, -0.25) is 0 Å². The minimum atomic E-state index is -0.313. The normalized spacial score (nSPS) is 25.9. The zero-order valence-electron chi connectivity index (χ0n) is 13.1. The lowest BCUT2D eigenvalue weighted by atomic mass is 10.1. The topological polar surface area (TPSA) is 69.4 Å². The third-order valence-electron chi connectivity index (χ3n) is 3.85. The van der Waals surface area contributed by atoms with Crippen LogP contribution in [0.1, 0.15) is 40.0 Å². The predicted molar refractivity (Wildman–Crippen MR) is 83.5 cm³/mol. The number of hydrogen-bond donors (Lipinski definition) is 2. The van der Waals surface area contributed by atoms with Crippen LogP contribution in [0.3, 0.4) is 0 Å². The van der Waals surface area contributed by atoms with E-state index in [1.165, 1.54) is 12.8 Å². The van der Waals surface area contributed by atoms with E-state index >= 15 is 0 Å². The molecule has 1 aliphatic heterocycles. The molecule has 116 valence electrons. The molecule has 3 N–H and O–H groups in total. The summed E-state index contributed by atoms with van der Waals surface area (Å²) in [7, 11) is 0. The lowest BCUT2D eigenvalue weighted by molar-refractivity contribution is 0.0897. The maximum atomic E-state index is 5.95. The highest BCUT2D eigenvalue weighted by Crippen LogP contribution is 2.39. The number of nitrogens with one attached hydrogen (secondary N) is 1. The average Bonchev–Trinajstić information content (AvgIpc) is 3.13. The Bertz CT molecular complexity index is 509. The molecular weight excluding hydrogens is 266 g/mol. The number of rotatable bonds is 4. The molecule has 2 fully saturated rings. The summed E-state index contributed by atoms with van der Waals surface area (Å²) in [6.45, 7) is 6.80. The highest BCUT2D eigenvalue weighted by Gasteiger charge is 2.40. The van der Waals surface area contributed by atoms with E-state index in [1.807, 2.05) is 32.9 Å². The van der Waals surface area contributed by atoms with Crippen LogP contribution in [0.15, 0.2) is 12.1 Å². The Morgan fingerprint density at radius 1 is 1.29 bits per heavy atom. The molecule has 2 heterocycles. The van der Waals surface area contributed by atoms with Crippen molar-refractivity contribution in [3.63, 3.8) is 0 Å². The minimum Gasteiger partial charge on any atom is -0.470 e. The Kier molecular flexibility index (Phi) is 3.69. The number of nitrogens with two attached hydrogens (primary N) is 1. The van der Waals surface area contributed by atoms with Crippen molar-refractivity contribution >= 4 is 11.5 Å². The van der Waals surface area contributed by atoms with Gasteiger partial charge in [-0.25, -0.2) is 0 Å². The third kappa shape index (κ3) is 3.59. The van der Waals surface area contributed by atoms with Gasteiger partial charge in [0.05, 0.1) is 17.8 Å². The second-order valence-electron chi connectivity index (χ2n) is 7.02. The van der Waals surface area contributed by atoms with Gasteiger partial charge >= 0.3 is 0 Å². The van der Waals surface area contributed by atoms with Crippen LogP contribution in [0, 0.1) is 5.92 Å². The van der Waals surface area contributed by atoms with E-state index in [-0.39, 0.29) is 5.60 Å². The predicted octanol–water partition coefficient (Wildman–Crippen LogP) is 2.82. The highest BCUT2D eigenvalue weighted by molar-refractivity contribution is 5.54. The zero-order chi connectivity index (χ0) is 15.0. The van der Waals surface area contributed by atoms with Crippen molar-refractivity contribution in [2.75, 3.05) is 17.7 Å². The molecule has 1 aliphatic carbocycles. The van der Waals surface area contributed by atoms with Crippen LogP contribution in [-0.4, -0.2) is 29.3 Å². The van der Waals surface area contributed by atoms with Gasteiger partial charge < -0.3 is 20.5 Å². The molecule has 0 amide bonds. The van der Waals surface area contributed by atoms with Crippen LogP contribution in [0.25, 0.3) is 0 Å². The Morgan fingerprint density at radius 2 is 2.05 bits per heavy atom. The summed E-state index contributed by atoms with van der Waals surface area (Å²) in [6.07, 6.45) is 3.94. The van der Waals surface area contributed by atoms with E-state index in [2.05, 4.69) is 10.3 Å². The van der Waals surface area contributed by atoms with E-state index in [4.69, 9.17) is 15.2 Å². The summed E-state index contributed by atoms with van der Waals surface area (Å²) in [5, 5.41) is 3.49. The average molecular weight is 291 g/mol. The molecule has 1 saturated carbocycles. The lowest BCUT2D eigenvalue weighted by Crippen LogP contribution is -2.31. The summed E-state index contributed by atoms with van der Waals surface area (Å²) < 4.78 is 11.7. The van der Waals surface area contributed by atoms with Gasteiger partial charge in [0.15, 0.2) is 0 Å². The van der Waals surface area contributed by atoms with E-state index in [0.717, 1.165) is 24.8 Å². The molecule has 2 aliphatic rings. The number of anilines is 2. The Morgan fingerprint density at radius 3 is 2.71 bits per heavy atom. The maximum Gasteiger partial charge on any atom is 0.239 e. The first-order valence-corrected chi connectivity index (χ1v) is 7.76. The fourth-order valence-corrected chi connectivity index (χ4v) is 2.75. The molecule has 5 heteroatoms. The smallest absolute Gasteiger partial charge is 0.239 e. The van der Waals surface area contributed by atoms with Crippen molar-refractivity contribution in [3.05, 3.63) is 12.1 Å². The molecule has 5 nitrogen and oxygen atoms in total. The number of aromatic nitrogens is 1. The second kappa shape index (κ2) is 5.37. The lowest BCUT2D eigenvalue weighted by Gasteiger charge is -2.23. The van der Waals surface area contributed by atoms with Gasteiger partial charge in [0, 0.05) is 6.61 Å². The van der Waals surface area contributed by atoms with Gasteiger partial charge in [0.1, 0.15) is 11.4 Å². The fraction of sp³-hybridized carbons (Fsp3) is 0.688. The van der Waals surface area contributed by atoms with Crippen molar-refractivity contribution < 1.29 is 9.47 Å². The van der Waals surface area contributed by atoms with Crippen LogP contribution in [0.5, 0.6) is 5.88 Å². The van der Waals surface area contributed by atoms with Crippen LogP contribution >= 0.6 is 0 Å². The van der Waals surface area contributed by atoms with E-state index in [1.54, 1.807) is 0 Å². The van der Waals surface area contributed by atoms with Crippen molar-refractivity contribution in [2.45, 2.75) is 57.8 Å². The molecule has 2 atom stereocenters. The molecule has 1 aromatic rings. The molecule has 0 spiro atoms. The van der Waals surface area contributed by atoms with Crippen molar-refractivity contribution in [2.24, 2.45) is 5.92 Å². The number of pyridine rings is 1. The SMILES string of the molecule is CC(C)(C)Oc1nc(NC2CCOC2C2CC2)ccc1N. The van der Waals surface area contributed by atoms with Gasteiger partial charge in [0.25, 0.3) is 0 Å². The molecule has 21 heavy (non-hydrogen) atoms. The van der Waals surface area contributed by atoms with Crippen molar-refractivity contribution in [1.82, 2.24) is 4.98 Å². The summed E-state index contributed by atoms with van der Waals surface area (Å²) in [5.41, 5.74) is 6.20. The number of nitrogens with zero attached hydrogens (tertiary/aromatic N) is 1. The van der Waals surface area contributed by atoms with E-state index in [9.17, 15) is 0 Å². The Balaban J connectivity index is 1.71. The standard InChI is InChI=1S/C16H25N3O2/c1-16(2,3)21-15-11(17)6-7-13(19-15)18-12-8-9-20-14(12)10-4-5-10/h6-7,10,12,14H,4-5,8-9,17H2,1-3H3,(H,18,19). The van der Waals surface area contributed by atoms with Gasteiger partial charge in [-0.05, 0) is 58.1 Å². The molecule has 0 bridgehead atoms. The van der Waals surface area contributed by atoms with E-state index in [0.29, 0.717) is 23.7 Å². The highest BCUT2D eigenvalue weighted by atomic mass is 16.5. The molecule has 3 rings (SSSR count). The minimum absolute atomic E-state index is 0.313. The van der Waals surface area contributed by atoms with Crippen LogP contribution in [-0.2, 0) is 4.74 Å². The monoisotopic (exact) mass is 291 g/mol. The first-order valence-electron chi connectivity index (χ1n) is 7.76. The molecule has 1 aromatic heterocycles. The third-order valence-corrected chi connectivity index (χ3v) is 3.85. The maximum absolute atomic E-state index is 5.95. The fourth-order valence-electron chi connectivity index (χ4n) is 2.75. The summed E-state index contributed by atoms with van der Waals surface area (Å²) in [6, 6.07) is 4.10. The first kappa shape index (κ1) is 14.4. The van der Waals surface area contributed by atoms with Crippen LogP contribution in [0.4, 0.5) is 11.5 Å². The number of ether oxygens (including phenoxy) is 2. The van der Waals surface area contributed by atoms with Gasteiger partial charge in [-0.15, -0.1) is 0 Å². The Hall–Kier alpha value is -1.49. The molecule has 1 saturated heterocycles. The summed E-state index contributed by atoms with van der Waals surface area (Å²) >= 11 is 0. The quantitative estimate of drug-likeness (QED) is 0.892. The van der Waals surface area contributed by atoms with Crippen molar-refractivity contribution in [1.29, 1.82) is 0 Å². The summed E-state index contributed by atoms with van der Waals surface area (Å²) in [5.74, 6) is 2.03. The Labute approximate surface area is 126 Å². The first-order chi connectivity index (χ1) is 9.92. The summed E-state index contributed by atoms with van der Waals surface area (Å²) in [4.78, 5) is 4.52. The van der Waals surface area contributed by atoms with E-state index < -0.39 is 0 Å². The molecular formula is C16H25N3O2. The van der Waals surface area contributed by atoms with Gasteiger partial charge in [-0.1, -0.05) is 0 Å². The molecule has 0 radical (unpaired) electrons. The molecule has 0 aromatic carbocycles. The second-order valence-corrected chi connectivity index (χ2v) is 7.02. The zero-order valence-corrected chi connectivity index (χ0v) is 13.1.